The number of nitrogen functional groups attached to an aromatic ring is 1. The van der Waals surface area contributed by atoms with Crippen LogP contribution in [0.3, 0.4) is 0 Å². The smallest absolute Gasteiger partial charge is 0.147 e. The fraction of sp³-hybridized carbons (Fsp3) is 0.333. The second-order valence-corrected chi connectivity index (χ2v) is 10.1. The van der Waals surface area contributed by atoms with E-state index in [2.05, 4.69) is 31.9 Å². The first-order valence-corrected chi connectivity index (χ1v) is 13.0. The SMILES string of the molecule is Cc1ccc(-c2ccc3ncnc(-c4ccc(N5CCN(C6CCOCC6)CC5)c(F)c4)c3c2)cc1N. The lowest BCUT2D eigenvalue weighted by atomic mass is 9.99. The van der Waals surface area contributed by atoms with Crippen LogP contribution in [0.4, 0.5) is 15.8 Å². The molecule has 6 rings (SSSR count). The first-order chi connectivity index (χ1) is 18.1. The van der Waals surface area contributed by atoms with E-state index in [-0.39, 0.29) is 5.82 Å². The number of aryl methyl sites for hydroxylation is 1. The molecular weight excluding hydrogens is 465 g/mol. The summed E-state index contributed by atoms with van der Waals surface area (Å²) in [5.41, 5.74) is 13.0. The molecule has 2 N–H and O–H groups in total. The van der Waals surface area contributed by atoms with Gasteiger partial charge in [-0.05, 0) is 66.8 Å². The number of rotatable bonds is 4. The van der Waals surface area contributed by atoms with Gasteiger partial charge >= 0.3 is 0 Å². The van der Waals surface area contributed by atoms with Gasteiger partial charge in [0.15, 0.2) is 0 Å². The highest BCUT2D eigenvalue weighted by Crippen LogP contribution is 2.33. The molecule has 2 saturated heterocycles. The van der Waals surface area contributed by atoms with Crippen molar-refractivity contribution < 1.29 is 9.13 Å². The molecule has 2 fully saturated rings. The summed E-state index contributed by atoms with van der Waals surface area (Å²) >= 11 is 0. The van der Waals surface area contributed by atoms with Crippen molar-refractivity contribution in [2.75, 3.05) is 50.0 Å². The highest BCUT2D eigenvalue weighted by molar-refractivity contribution is 5.95. The Labute approximate surface area is 216 Å². The Kier molecular flexibility index (Phi) is 6.49. The van der Waals surface area contributed by atoms with Crippen LogP contribution >= 0.6 is 0 Å². The van der Waals surface area contributed by atoms with E-state index in [1.165, 1.54) is 0 Å². The molecule has 0 amide bonds. The summed E-state index contributed by atoms with van der Waals surface area (Å²) in [5, 5.41) is 0.886. The Morgan fingerprint density at radius 2 is 1.59 bits per heavy atom. The summed E-state index contributed by atoms with van der Waals surface area (Å²) in [4.78, 5) is 13.7. The molecule has 0 bridgehead atoms. The normalized spacial score (nSPS) is 17.4. The van der Waals surface area contributed by atoms with Gasteiger partial charge in [0.05, 0.1) is 16.9 Å². The average Bonchev–Trinajstić information content (AvgIpc) is 2.94. The fourth-order valence-corrected chi connectivity index (χ4v) is 5.58. The Balaban J connectivity index is 1.26. The van der Waals surface area contributed by atoms with Crippen LogP contribution in [0.15, 0.2) is 60.9 Å². The van der Waals surface area contributed by atoms with Crippen molar-refractivity contribution in [3.8, 4) is 22.4 Å². The molecule has 190 valence electrons. The van der Waals surface area contributed by atoms with Gasteiger partial charge in [0.25, 0.3) is 0 Å². The molecule has 4 aromatic rings. The van der Waals surface area contributed by atoms with Crippen molar-refractivity contribution in [2.45, 2.75) is 25.8 Å². The van der Waals surface area contributed by atoms with Crippen molar-refractivity contribution >= 4 is 22.3 Å². The third-order valence-corrected chi connectivity index (χ3v) is 7.83. The maximum absolute atomic E-state index is 15.5. The maximum atomic E-state index is 15.5. The van der Waals surface area contributed by atoms with Crippen LogP contribution in [0.25, 0.3) is 33.3 Å². The van der Waals surface area contributed by atoms with E-state index in [1.54, 1.807) is 12.4 Å². The van der Waals surface area contributed by atoms with Gasteiger partial charge in [-0.1, -0.05) is 24.3 Å². The zero-order chi connectivity index (χ0) is 25.4. The largest absolute Gasteiger partial charge is 0.398 e. The number of nitrogens with two attached hydrogens (primary N) is 1. The second-order valence-electron chi connectivity index (χ2n) is 10.1. The summed E-state index contributed by atoms with van der Waals surface area (Å²) in [7, 11) is 0. The minimum atomic E-state index is -0.216. The molecule has 2 aliphatic heterocycles. The molecule has 3 heterocycles. The molecule has 0 atom stereocenters. The van der Waals surface area contributed by atoms with E-state index in [0.29, 0.717) is 11.7 Å². The van der Waals surface area contributed by atoms with E-state index >= 15 is 4.39 Å². The Hall–Kier alpha value is -3.55. The second kappa shape index (κ2) is 10.1. The summed E-state index contributed by atoms with van der Waals surface area (Å²) in [6.07, 6.45) is 3.73. The lowest BCUT2D eigenvalue weighted by Crippen LogP contribution is -2.51. The lowest BCUT2D eigenvalue weighted by Gasteiger charge is -2.41. The third kappa shape index (κ3) is 4.77. The lowest BCUT2D eigenvalue weighted by molar-refractivity contribution is 0.0321. The first kappa shape index (κ1) is 23.8. The molecule has 3 aromatic carbocycles. The summed E-state index contributed by atoms with van der Waals surface area (Å²) < 4.78 is 21.0. The number of benzene rings is 3. The van der Waals surface area contributed by atoms with Crippen LogP contribution in [0, 0.1) is 12.7 Å². The van der Waals surface area contributed by atoms with Crippen molar-refractivity contribution in [1.29, 1.82) is 0 Å². The maximum Gasteiger partial charge on any atom is 0.147 e. The molecule has 1 aromatic heterocycles. The monoisotopic (exact) mass is 497 g/mol. The quantitative estimate of drug-likeness (QED) is 0.386. The van der Waals surface area contributed by atoms with E-state index in [1.807, 2.05) is 43.3 Å². The molecule has 0 spiro atoms. The number of aromatic nitrogens is 2. The highest BCUT2D eigenvalue weighted by Gasteiger charge is 2.26. The number of ether oxygens (including phenoxy) is 1. The number of fused-ring (bicyclic) bond motifs is 1. The fourth-order valence-electron chi connectivity index (χ4n) is 5.58. The average molecular weight is 498 g/mol. The predicted octanol–water partition coefficient (Wildman–Crippen LogP) is 5.29. The zero-order valence-corrected chi connectivity index (χ0v) is 21.2. The number of hydrogen-bond acceptors (Lipinski definition) is 6. The Morgan fingerprint density at radius 3 is 2.35 bits per heavy atom. The highest BCUT2D eigenvalue weighted by atomic mass is 19.1. The van der Waals surface area contributed by atoms with Crippen molar-refractivity contribution in [3.05, 3.63) is 72.3 Å². The van der Waals surface area contributed by atoms with E-state index < -0.39 is 0 Å². The van der Waals surface area contributed by atoms with Crippen LogP contribution in [0.2, 0.25) is 0 Å². The van der Waals surface area contributed by atoms with E-state index in [9.17, 15) is 0 Å². The van der Waals surface area contributed by atoms with Crippen LogP contribution < -0.4 is 10.6 Å². The van der Waals surface area contributed by atoms with Gasteiger partial charge in [-0.15, -0.1) is 0 Å². The number of piperazine rings is 1. The molecule has 0 unspecified atom stereocenters. The van der Waals surface area contributed by atoms with Crippen LogP contribution in [0.5, 0.6) is 0 Å². The van der Waals surface area contributed by atoms with Crippen molar-refractivity contribution in [1.82, 2.24) is 14.9 Å². The van der Waals surface area contributed by atoms with Crippen molar-refractivity contribution in [3.63, 3.8) is 0 Å². The molecule has 2 aliphatic rings. The minimum absolute atomic E-state index is 0.216. The molecule has 37 heavy (non-hydrogen) atoms. The van der Waals surface area contributed by atoms with E-state index in [0.717, 1.165) is 96.8 Å². The predicted molar refractivity (Wildman–Crippen MR) is 147 cm³/mol. The van der Waals surface area contributed by atoms with E-state index in [4.69, 9.17) is 10.5 Å². The van der Waals surface area contributed by atoms with Crippen LogP contribution in [-0.4, -0.2) is 60.3 Å². The first-order valence-electron chi connectivity index (χ1n) is 13.0. The minimum Gasteiger partial charge on any atom is -0.398 e. The third-order valence-electron chi connectivity index (χ3n) is 7.83. The van der Waals surface area contributed by atoms with Gasteiger partial charge in [0.2, 0.25) is 0 Å². The number of anilines is 2. The van der Waals surface area contributed by atoms with Crippen molar-refractivity contribution in [2.24, 2.45) is 0 Å². The van der Waals surface area contributed by atoms with Gasteiger partial charge in [0, 0.05) is 62.1 Å². The molecule has 7 heteroatoms. The van der Waals surface area contributed by atoms with Gasteiger partial charge in [-0.25, -0.2) is 14.4 Å². The van der Waals surface area contributed by atoms with Gasteiger partial charge in [-0.2, -0.15) is 0 Å². The summed E-state index contributed by atoms with van der Waals surface area (Å²) in [5.74, 6) is -0.216. The zero-order valence-electron chi connectivity index (χ0n) is 21.2. The molecule has 0 radical (unpaired) electrons. The Morgan fingerprint density at radius 1 is 0.865 bits per heavy atom. The standard InChI is InChI=1S/C30H32FN5O/c1-20-2-3-22(18-27(20)32)21-4-6-28-25(16-21)30(34-19-33-28)23-5-7-29(26(31)17-23)36-12-10-35(11-13-36)24-8-14-37-15-9-24/h2-7,16-19,24H,8-15,32H2,1H3. The Bertz CT molecular complexity index is 1430. The molecule has 0 saturated carbocycles. The number of hydrogen-bond donors (Lipinski definition) is 1. The summed E-state index contributed by atoms with van der Waals surface area (Å²) in [6.45, 7) is 7.25. The molecular formula is C30H32FN5O. The number of halogens is 1. The van der Waals surface area contributed by atoms with Crippen LogP contribution in [-0.2, 0) is 4.74 Å². The number of nitrogens with zero attached hydrogens (tertiary/aromatic N) is 4. The van der Waals surface area contributed by atoms with Gasteiger partial charge in [0.1, 0.15) is 12.1 Å². The van der Waals surface area contributed by atoms with Crippen LogP contribution in [0.1, 0.15) is 18.4 Å². The molecule has 0 aliphatic carbocycles. The van der Waals surface area contributed by atoms with Gasteiger partial charge in [-0.3, -0.25) is 4.90 Å². The molecule has 6 nitrogen and oxygen atoms in total. The summed E-state index contributed by atoms with van der Waals surface area (Å²) in [6, 6.07) is 18.2. The van der Waals surface area contributed by atoms with Gasteiger partial charge < -0.3 is 15.4 Å². The topological polar surface area (TPSA) is 67.5 Å².